The highest BCUT2D eigenvalue weighted by molar-refractivity contribution is 5.93. The molecule has 0 spiro atoms. The van der Waals surface area contributed by atoms with Gasteiger partial charge in [-0.05, 0) is 77.5 Å². The Labute approximate surface area is 203 Å². The molecule has 0 aromatic heterocycles. The zero-order valence-corrected chi connectivity index (χ0v) is 21.6. The van der Waals surface area contributed by atoms with Gasteiger partial charge in [-0.1, -0.05) is 31.5 Å². The van der Waals surface area contributed by atoms with E-state index >= 15 is 0 Å². The van der Waals surface area contributed by atoms with E-state index in [1.54, 1.807) is 25.7 Å². The maximum absolute atomic E-state index is 13.7. The molecular weight excluding hydrogens is 434 g/mol. The van der Waals surface area contributed by atoms with E-state index in [0.717, 1.165) is 42.4 Å². The number of ether oxygens (including phenoxy) is 1. The minimum absolute atomic E-state index is 0.0472. The summed E-state index contributed by atoms with van der Waals surface area (Å²) in [5, 5.41) is 15.6. The van der Waals surface area contributed by atoms with Crippen molar-refractivity contribution < 1.29 is 24.2 Å². The first kappa shape index (κ1) is 27.6. The van der Waals surface area contributed by atoms with E-state index < -0.39 is 36.3 Å². The fraction of sp³-hybridized carbons (Fsp3) is 0.654. The molecule has 1 saturated carbocycles. The number of rotatable bonds is 10. The van der Waals surface area contributed by atoms with E-state index in [1.807, 2.05) is 39.0 Å². The number of carbonyl (C=O) groups excluding carboxylic acids is 3. The van der Waals surface area contributed by atoms with Gasteiger partial charge in [-0.15, -0.1) is 0 Å². The molecule has 3 unspecified atom stereocenters. The number of aliphatic hydroxyl groups excluding tert-OH is 1. The minimum Gasteiger partial charge on any atom is -0.444 e. The molecule has 0 bridgehead atoms. The summed E-state index contributed by atoms with van der Waals surface area (Å²) >= 11 is 0. The molecule has 1 aliphatic carbocycles. The zero-order chi connectivity index (χ0) is 25.6. The Balaban J connectivity index is 2.44. The van der Waals surface area contributed by atoms with Crippen LogP contribution in [0.25, 0.3) is 0 Å². The van der Waals surface area contributed by atoms with Gasteiger partial charge < -0.3 is 25.4 Å². The normalized spacial score (nSPS) is 16.2. The predicted molar refractivity (Wildman–Crippen MR) is 131 cm³/mol. The molecule has 0 radical (unpaired) electrons. The predicted octanol–water partition coefficient (Wildman–Crippen LogP) is 3.53. The number of nitrogens with one attached hydrogen (secondary N) is 2. The fourth-order valence-corrected chi connectivity index (χ4v) is 4.17. The molecule has 3 atom stereocenters. The Kier molecular flexibility index (Phi) is 9.50. The van der Waals surface area contributed by atoms with Crippen LogP contribution in [0, 0.1) is 13.8 Å². The van der Waals surface area contributed by atoms with Crippen molar-refractivity contribution in [2.24, 2.45) is 0 Å². The second-order valence-corrected chi connectivity index (χ2v) is 10.3. The van der Waals surface area contributed by atoms with Crippen molar-refractivity contribution in [3.8, 4) is 0 Å². The number of alkyl carbamates (subject to hydrolysis) is 1. The Hall–Kier alpha value is -2.61. The molecule has 0 aliphatic heterocycles. The van der Waals surface area contributed by atoms with E-state index in [1.165, 1.54) is 0 Å². The molecular formula is C26H41N3O5. The van der Waals surface area contributed by atoms with E-state index in [-0.39, 0.29) is 18.0 Å². The summed E-state index contributed by atoms with van der Waals surface area (Å²) in [6.45, 7) is 12.4. The van der Waals surface area contributed by atoms with E-state index in [4.69, 9.17) is 4.74 Å². The Morgan fingerprint density at radius 1 is 1.15 bits per heavy atom. The first-order valence-corrected chi connectivity index (χ1v) is 12.2. The quantitative estimate of drug-likeness (QED) is 0.480. The molecule has 8 heteroatoms. The van der Waals surface area contributed by atoms with Crippen LogP contribution in [-0.2, 0) is 14.3 Å². The van der Waals surface area contributed by atoms with E-state index in [2.05, 4.69) is 17.6 Å². The summed E-state index contributed by atoms with van der Waals surface area (Å²) in [5.41, 5.74) is 1.84. The summed E-state index contributed by atoms with van der Waals surface area (Å²) in [6, 6.07) is 3.50. The van der Waals surface area contributed by atoms with Crippen LogP contribution in [0.1, 0.15) is 83.0 Å². The maximum Gasteiger partial charge on any atom is 0.408 e. The lowest BCUT2D eigenvalue weighted by Gasteiger charge is -2.36. The number of carbonyl (C=O) groups is 3. The first-order valence-electron chi connectivity index (χ1n) is 12.2. The van der Waals surface area contributed by atoms with Gasteiger partial charge in [-0.2, -0.15) is 0 Å². The highest BCUT2D eigenvalue weighted by Gasteiger charge is 2.45. The lowest BCUT2D eigenvalue weighted by molar-refractivity contribution is -0.144. The van der Waals surface area contributed by atoms with Gasteiger partial charge in [0.25, 0.3) is 0 Å². The van der Waals surface area contributed by atoms with Crippen LogP contribution in [0.3, 0.4) is 0 Å². The van der Waals surface area contributed by atoms with Crippen molar-refractivity contribution in [1.82, 2.24) is 15.5 Å². The SMILES string of the molecule is CCCC(C)NC(=O)C(c1c(C)cccc1C)N(C(=O)C(CO)NC(=O)OC(C)(C)C)C1CC1. The molecule has 2 rings (SSSR count). The van der Waals surface area contributed by atoms with Gasteiger partial charge in [-0.25, -0.2) is 4.79 Å². The second kappa shape index (κ2) is 11.7. The van der Waals surface area contributed by atoms with Crippen LogP contribution in [0.4, 0.5) is 4.79 Å². The average molecular weight is 476 g/mol. The third kappa shape index (κ3) is 7.45. The van der Waals surface area contributed by atoms with Gasteiger partial charge in [0.15, 0.2) is 0 Å². The first-order chi connectivity index (χ1) is 15.9. The molecule has 34 heavy (non-hydrogen) atoms. The van der Waals surface area contributed by atoms with Gasteiger partial charge in [0.1, 0.15) is 17.7 Å². The molecule has 1 aromatic carbocycles. The fourth-order valence-electron chi connectivity index (χ4n) is 4.17. The zero-order valence-electron chi connectivity index (χ0n) is 21.6. The molecule has 8 nitrogen and oxygen atoms in total. The highest BCUT2D eigenvalue weighted by atomic mass is 16.6. The minimum atomic E-state index is -1.22. The van der Waals surface area contributed by atoms with Gasteiger partial charge in [-0.3, -0.25) is 9.59 Å². The topological polar surface area (TPSA) is 108 Å². The van der Waals surface area contributed by atoms with Crippen LogP contribution >= 0.6 is 0 Å². The van der Waals surface area contributed by atoms with Crippen LogP contribution in [-0.4, -0.2) is 58.2 Å². The van der Waals surface area contributed by atoms with Crippen molar-refractivity contribution in [1.29, 1.82) is 0 Å². The Morgan fingerprint density at radius 2 is 1.74 bits per heavy atom. The summed E-state index contributed by atoms with van der Waals surface area (Å²) in [7, 11) is 0. The number of aryl methyl sites for hydroxylation is 2. The number of hydrogen-bond acceptors (Lipinski definition) is 5. The summed E-state index contributed by atoms with van der Waals surface area (Å²) in [4.78, 5) is 41.3. The number of benzene rings is 1. The number of amides is 3. The lowest BCUT2D eigenvalue weighted by atomic mass is 9.93. The Bertz CT molecular complexity index is 855. The number of hydrogen-bond donors (Lipinski definition) is 3. The molecule has 0 heterocycles. The smallest absolute Gasteiger partial charge is 0.408 e. The van der Waals surface area contributed by atoms with Crippen molar-refractivity contribution >= 4 is 17.9 Å². The maximum atomic E-state index is 13.7. The monoisotopic (exact) mass is 475 g/mol. The van der Waals surface area contributed by atoms with E-state index in [9.17, 15) is 19.5 Å². The van der Waals surface area contributed by atoms with Gasteiger partial charge in [0, 0.05) is 12.1 Å². The lowest BCUT2D eigenvalue weighted by Crippen LogP contribution is -2.55. The largest absolute Gasteiger partial charge is 0.444 e. The van der Waals surface area contributed by atoms with Gasteiger partial charge in [0.05, 0.1) is 6.61 Å². The standard InChI is InChI=1S/C26H41N3O5/c1-8-10-18(4)27-23(31)22(21-16(2)11-9-12-17(21)3)29(19-13-14-19)24(32)20(15-30)28-25(33)34-26(5,6)7/h9,11-12,18-20,22,30H,8,10,13-15H2,1-7H3,(H,27,31)(H,28,33). The summed E-state index contributed by atoms with van der Waals surface area (Å²) < 4.78 is 5.28. The number of aliphatic hydroxyl groups is 1. The summed E-state index contributed by atoms with van der Waals surface area (Å²) in [5.74, 6) is -0.755. The number of nitrogens with zero attached hydrogens (tertiary/aromatic N) is 1. The van der Waals surface area contributed by atoms with Crippen LogP contribution in [0.15, 0.2) is 18.2 Å². The molecule has 3 N–H and O–H groups in total. The third-order valence-corrected chi connectivity index (χ3v) is 5.82. The summed E-state index contributed by atoms with van der Waals surface area (Å²) in [6.07, 6.45) is 2.47. The molecule has 1 aliphatic rings. The van der Waals surface area contributed by atoms with Crippen molar-refractivity contribution in [2.75, 3.05) is 6.61 Å². The van der Waals surface area contributed by atoms with E-state index in [0.29, 0.717) is 0 Å². The third-order valence-electron chi connectivity index (χ3n) is 5.82. The molecule has 190 valence electrons. The Morgan fingerprint density at radius 3 is 2.21 bits per heavy atom. The van der Waals surface area contributed by atoms with Gasteiger partial charge >= 0.3 is 6.09 Å². The van der Waals surface area contributed by atoms with Crippen LogP contribution < -0.4 is 10.6 Å². The van der Waals surface area contributed by atoms with Crippen molar-refractivity contribution in [2.45, 2.75) is 104 Å². The second-order valence-electron chi connectivity index (χ2n) is 10.3. The highest BCUT2D eigenvalue weighted by Crippen LogP contribution is 2.37. The molecule has 1 aromatic rings. The van der Waals surface area contributed by atoms with Crippen LogP contribution in [0.2, 0.25) is 0 Å². The molecule has 0 saturated heterocycles. The molecule has 1 fully saturated rings. The molecule has 3 amide bonds. The van der Waals surface area contributed by atoms with Crippen LogP contribution in [0.5, 0.6) is 0 Å². The van der Waals surface area contributed by atoms with Crippen molar-refractivity contribution in [3.05, 3.63) is 34.9 Å². The van der Waals surface area contributed by atoms with Crippen molar-refractivity contribution in [3.63, 3.8) is 0 Å². The van der Waals surface area contributed by atoms with Gasteiger partial charge in [0.2, 0.25) is 11.8 Å². The average Bonchev–Trinajstić information content (AvgIpc) is 3.54.